The highest BCUT2D eigenvalue weighted by Crippen LogP contribution is 2.41. The number of aryl methyl sites for hydroxylation is 1. The first-order valence-corrected chi connectivity index (χ1v) is 10.1. The molecule has 2 aliphatic carbocycles. The van der Waals surface area contributed by atoms with Crippen LogP contribution in [0.15, 0.2) is 45.2 Å². The van der Waals surface area contributed by atoms with Crippen molar-refractivity contribution in [3.8, 4) is 0 Å². The number of nitrogens with zero attached hydrogens (tertiary/aromatic N) is 1. The molecule has 0 amide bonds. The lowest BCUT2D eigenvalue weighted by Crippen LogP contribution is -2.38. The Morgan fingerprint density at radius 3 is 2.38 bits per heavy atom. The Bertz CT molecular complexity index is 754. The topological polar surface area (TPSA) is 55.7 Å². The van der Waals surface area contributed by atoms with Crippen molar-refractivity contribution in [3.05, 3.63) is 41.5 Å². The predicted octanol–water partition coefficient (Wildman–Crippen LogP) is 4.19. The summed E-state index contributed by atoms with van der Waals surface area (Å²) in [7, 11) is -1.94. The Morgan fingerprint density at radius 2 is 1.75 bits per heavy atom. The second-order valence-electron chi connectivity index (χ2n) is 6.74. The number of allylic oxidation sites excluding steroid dienone is 1. The van der Waals surface area contributed by atoms with Crippen LogP contribution >= 0.6 is 0 Å². The maximum absolute atomic E-state index is 12.7. The molecule has 5 heteroatoms. The Morgan fingerprint density at radius 1 is 1.08 bits per heavy atom. The summed E-state index contributed by atoms with van der Waals surface area (Å²) >= 11 is 0. The van der Waals surface area contributed by atoms with E-state index in [0.29, 0.717) is 12.1 Å². The van der Waals surface area contributed by atoms with Gasteiger partial charge >= 0.3 is 0 Å². The number of hydrogen-bond donors (Lipinski definition) is 0. The van der Waals surface area contributed by atoms with E-state index >= 15 is 0 Å². The highest BCUT2D eigenvalue weighted by atomic mass is 32.2. The molecular formula is C19H25NO3S. The minimum atomic E-state index is -3.68. The van der Waals surface area contributed by atoms with Crippen LogP contribution < -0.4 is 0 Å². The van der Waals surface area contributed by atoms with Gasteiger partial charge in [-0.05, 0) is 44.7 Å². The molecule has 1 saturated carbocycles. The van der Waals surface area contributed by atoms with E-state index in [-0.39, 0.29) is 10.5 Å². The third-order valence-electron chi connectivity index (χ3n) is 5.13. The third kappa shape index (κ3) is 3.33. The van der Waals surface area contributed by atoms with Gasteiger partial charge in [0, 0.05) is 12.7 Å². The average molecular weight is 347 g/mol. The standard InChI is InChI=1S/C19H25NO3S/c1-15-9-11-16(12-10-15)24(21,22)20-18-8-6-7-17(18)19(23-2)13-4-3-5-14-19/h7,9-12H,3-6,8,13-14H2,1-2H3/b20-18+. The number of ether oxygens (including phenoxy) is 1. The summed E-state index contributed by atoms with van der Waals surface area (Å²) in [5.74, 6) is 0. The van der Waals surface area contributed by atoms with Crippen LogP contribution in [0, 0.1) is 6.92 Å². The lowest BCUT2D eigenvalue weighted by atomic mass is 9.78. The summed E-state index contributed by atoms with van der Waals surface area (Å²) in [6.45, 7) is 1.94. The number of benzene rings is 1. The fourth-order valence-corrected chi connectivity index (χ4v) is 4.83. The minimum absolute atomic E-state index is 0.252. The van der Waals surface area contributed by atoms with Crippen molar-refractivity contribution in [2.75, 3.05) is 7.11 Å². The van der Waals surface area contributed by atoms with Crippen LogP contribution in [0.3, 0.4) is 0 Å². The van der Waals surface area contributed by atoms with E-state index < -0.39 is 10.0 Å². The average Bonchev–Trinajstić information content (AvgIpc) is 3.04. The summed E-state index contributed by atoms with van der Waals surface area (Å²) in [5, 5.41) is 0. The van der Waals surface area contributed by atoms with Crippen LogP contribution in [0.4, 0.5) is 0 Å². The van der Waals surface area contributed by atoms with Crippen molar-refractivity contribution in [1.29, 1.82) is 0 Å². The molecule has 0 bridgehead atoms. The van der Waals surface area contributed by atoms with Gasteiger partial charge in [-0.1, -0.05) is 43.0 Å². The summed E-state index contributed by atoms with van der Waals surface area (Å²) in [6, 6.07) is 6.85. The van der Waals surface area contributed by atoms with E-state index in [4.69, 9.17) is 4.74 Å². The van der Waals surface area contributed by atoms with Gasteiger partial charge in [0.05, 0.1) is 16.2 Å². The second kappa shape index (κ2) is 6.81. The maximum atomic E-state index is 12.7. The molecule has 3 rings (SSSR count). The molecule has 130 valence electrons. The molecule has 0 spiro atoms. The lowest BCUT2D eigenvalue weighted by molar-refractivity contribution is -0.00313. The van der Waals surface area contributed by atoms with Crippen molar-refractivity contribution in [2.24, 2.45) is 4.40 Å². The Hall–Kier alpha value is -1.46. The van der Waals surface area contributed by atoms with Crippen LogP contribution in [0.25, 0.3) is 0 Å². The van der Waals surface area contributed by atoms with E-state index in [0.717, 1.165) is 43.2 Å². The van der Waals surface area contributed by atoms with Crippen LogP contribution in [0.2, 0.25) is 0 Å². The molecule has 0 aromatic heterocycles. The van der Waals surface area contributed by atoms with Gasteiger partial charge in [0.1, 0.15) is 0 Å². The van der Waals surface area contributed by atoms with Gasteiger partial charge in [-0.15, -0.1) is 0 Å². The zero-order valence-electron chi connectivity index (χ0n) is 14.4. The van der Waals surface area contributed by atoms with Gasteiger partial charge < -0.3 is 4.74 Å². The van der Waals surface area contributed by atoms with Gasteiger partial charge in [0.2, 0.25) is 0 Å². The SMILES string of the molecule is COC1(C2=CCC/C2=N\S(=O)(=O)c2ccc(C)cc2)CCCCC1. The normalized spacial score (nSPS) is 22.6. The minimum Gasteiger partial charge on any atom is -0.373 e. The lowest BCUT2D eigenvalue weighted by Gasteiger charge is -2.37. The molecule has 24 heavy (non-hydrogen) atoms. The fraction of sp³-hybridized carbons (Fsp3) is 0.526. The maximum Gasteiger partial charge on any atom is 0.282 e. The molecule has 0 N–H and O–H groups in total. The molecule has 0 atom stereocenters. The Kier molecular flexibility index (Phi) is 4.92. The van der Waals surface area contributed by atoms with Crippen molar-refractivity contribution in [3.63, 3.8) is 0 Å². The smallest absolute Gasteiger partial charge is 0.282 e. The number of hydrogen-bond acceptors (Lipinski definition) is 3. The zero-order chi connectivity index (χ0) is 17.2. The largest absolute Gasteiger partial charge is 0.373 e. The Labute approximate surface area is 144 Å². The Balaban J connectivity index is 1.94. The van der Waals surface area contributed by atoms with Crippen LogP contribution in [-0.2, 0) is 14.8 Å². The summed E-state index contributed by atoms with van der Waals surface area (Å²) in [5.41, 5.74) is 2.36. The van der Waals surface area contributed by atoms with Gasteiger partial charge in [-0.3, -0.25) is 0 Å². The van der Waals surface area contributed by atoms with Crippen LogP contribution in [0.5, 0.6) is 0 Å². The zero-order valence-corrected chi connectivity index (χ0v) is 15.2. The molecule has 0 saturated heterocycles. The summed E-state index contributed by atoms with van der Waals surface area (Å²) in [6.07, 6.45) is 8.96. The van der Waals surface area contributed by atoms with E-state index in [9.17, 15) is 8.42 Å². The monoisotopic (exact) mass is 347 g/mol. The molecule has 0 unspecified atom stereocenters. The highest BCUT2D eigenvalue weighted by Gasteiger charge is 2.39. The third-order valence-corrected chi connectivity index (χ3v) is 6.46. The molecule has 1 fully saturated rings. The molecule has 0 heterocycles. The van der Waals surface area contributed by atoms with Crippen molar-refractivity contribution >= 4 is 15.7 Å². The summed E-state index contributed by atoms with van der Waals surface area (Å²) in [4.78, 5) is 0.252. The first-order valence-electron chi connectivity index (χ1n) is 8.63. The molecule has 1 aromatic rings. The van der Waals surface area contributed by atoms with E-state index in [1.54, 1.807) is 31.4 Å². The van der Waals surface area contributed by atoms with Gasteiger partial charge in [-0.25, -0.2) is 0 Å². The van der Waals surface area contributed by atoms with Gasteiger partial charge in [0.25, 0.3) is 10.0 Å². The molecule has 0 aliphatic heterocycles. The van der Waals surface area contributed by atoms with E-state index in [2.05, 4.69) is 10.5 Å². The van der Waals surface area contributed by atoms with Gasteiger partial charge in [0.15, 0.2) is 0 Å². The second-order valence-corrected chi connectivity index (χ2v) is 8.35. The first kappa shape index (κ1) is 17.4. The molecule has 2 aliphatic rings. The molecule has 4 nitrogen and oxygen atoms in total. The van der Waals surface area contributed by atoms with E-state index in [1.807, 2.05) is 6.92 Å². The number of sulfonamides is 1. The van der Waals surface area contributed by atoms with Crippen molar-refractivity contribution < 1.29 is 13.2 Å². The van der Waals surface area contributed by atoms with Crippen LogP contribution in [-0.4, -0.2) is 26.8 Å². The highest BCUT2D eigenvalue weighted by molar-refractivity contribution is 7.90. The van der Waals surface area contributed by atoms with E-state index in [1.165, 1.54) is 6.42 Å². The predicted molar refractivity (Wildman–Crippen MR) is 95.9 cm³/mol. The number of rotatable bonds is 4. The first-order chi connectivity index (χ1) is 11.5. The number of methoxy groups -OCH3 is 1. The quantitative estimate of drug-likeness (QED) is 0.820. The van der Waals surface area contributed by atoms with Gasteiger partial charge in [-0.2, -0.15) is 12.8 Å². The molecular weight excluding hydrogens is 322 g/mol. The van der Waals surface area contributed by atoms with Crippen molar-refractivity contribution in [2.45, 2.75) is 62.4 Å². The van der Waals surface area contributed by atoms with Crippen LogP contribution in [0.1, 0.15) is 50.5 Å². The molecule has 1 aromatic carbocycles. The van der Waals surface area contributed by atoms with Crippen molar-refractivity contribution in [1.82, 2.24) is 0 Å². The molecule has 0 radical (unpaired) electrons. The summed E-state index contributed by atoms with van der Waals surface area (Å²) < 4.78 is 35.4. The fourth-order valence-electron chi connectivity index (χ4n) is 3.76.